The van der Waals surface area contributed by atoms with Crippen molar-refractivity contribution in [1.29, 1.82) is 0 Å². The average Bonchev–Trinajstić information content (AvgIpc) is 2.37. The van der Waals surface area contributed by atoms with Gasteiger partial charge in [0.2, 0.25) is 0 Å². The van der Waals surface area contributed by atoms with Crippen LogP contribution in [-0.2, 0) is 0 Å². The third kappa shape index (κ3) is 5.05. The molecule has 3 heteroatoms. The molecule has 3 nitrogen and oxygen atoms in total. The molecular weight excluding hydrogens is 234 g/mol. The van der Waals surface area contributed by atoms with E-state index in [1.165, 1.54) is 71.5 Å². The van der Waals surface area contributed by atoms with Gasteiger partial charge in [-0.05, 0) is 51.9 Å². The van der Waals surface area contributed by atoms with Gasteiger partial charge in [-0.15, -0.1) is 0 Å². The van der Waals surface area contributed by atoms with Crippen LogP contribution in [0.2, 0.25) is 0 Å². The monoisotopic (exact) mass is 267 g/mol. The zero-order chi connectivity index (χ0) is 13.7. The van der Waals surface area contributed by atoms with Crippen LogP contribution >= 0.6 is 0 Å². The summed E-state index contributed by atoms with van der Waals surface area (Å²) in [6.07, 6.45) is 5.64. The SMILES string of the molecule is CC(C)CN(C)CCCN1CCN2CCCCC2C1. The summed E-state index contributed by atoms with van der Waals surface area (Å²) < 4.78 is 0. The smallest absolute Gasteiger partial charge is 0.0223 e. The molecule has 2 aliphatic heterocycles. The third-order valence-electron chi connectivity index (χ3n) is 4.61. The molecule has 2 saturated heterocycles. The Kier molecular flexibility index (Phi) is 6.11. The van der Waals surface area contributed by atoms with E-state index in [0.29, 0.717) is 0 Å². The van der Waals surface area contributed by atoms with Crippen molar-refractivity contribution in [2.75, 3.05) is 52.9 Å². The first kappa shape index (κ1) is 15.3. The molecule has 1 unspecified atom stereocenters. The first-order valence-corrected chi connectivity index (χ1v) is 8.30. The van der Waals surface area contributed by atoms with Gasteiger partial charge in [0.15, 0.2) is 0 Å². The number of rotatable bonds is 6. The second-order valence-corrected chi connectivity index (χ2v) is 7.00. The number of fused-ring (bicyclic) bond motifs is 1. The van der Waals surface area contributed by atoms with E-state index in [1.807, 2.05) is 0 Å². The van der Waals surface area contributed by atoms with Crippen LogP contribution in [0.3, 0.4) is 0 Å². The fourth-order valence-corrected chi connectivity index (χ4v) is 3.70. The molecule has 2 aliphatic rings. The molecule has 0 amide bonds. The summed E-state index contributed by atoms with van der Waals surface area (Å²) >= 11 is 0. The van der Waals surface area contributed by atoms with Crippen molar-refractivity contribution in [3.63, 3.8) is 0 Å². The lowest BCUT2D eigenvalue weighted by molar-refractivity contribution is 0.0477. The molecule has 0 aliphatic carbocycles. The second kappa shape index (κ2) is 7.61. The summed E-state index contributed by atoms with van der Waals surface area (Å²) in [6.45, 7) is 13.7. The van der Waals surface area contributed by atoms with Gasteiger partial charge in [-0.25, -0.2) is 0 Å². The van der Waals surface area contributed by atoms with Crippen LogP contribution in [0, 0.1) is 5.92 Å². The van der Waals surface area contributed by atoms with E-state index in [2.05, 4.69) is 35.6 Å². The van der Waals surface area contributed by atoms with E-state index in [4.69, 9.17) is 0 Å². The molecule has 0 aromatic rings. The molecule has 0 N–H and O–H groups in total. The molecule has 0 aromatic heterocycles. The van der Waals surface area contributed by atoms with Gasteiger partial charge >= 0.3 is 0 Å². The van der Waals surface area contributed by atoms with Crippen molar-refractivity contribution in [1.82, 2.24) is 14.7 Å². The maximum atomic E-state index is 2.73. The number of hydrogen-bond donors (Lipinski definition) is 0. The summed E-state index contributed by atoms with van der Waals surface area (Å²) in [7, 11) is 2.26. The quantitative estimate of drug-likeness (QED) is 0.730. The lowest BCUT2D eigenvalue weighted by Crippen LogP contribution is -2.54. The van der Waals surface area contributed by atoms with E-state index in [-0.39, 0.29) is 0 Å². The lowest BCUT2D eigenvalue weighted by Gasteiger charge is -2.44. The third-order valence-corrected chi connectivity index (χ3v) is 4.61. The van der Waals surface area contributed by atoms with Crippen LogP contribution in [0.5, 0.6) is 0 Å². The van der Waals surface area contributed by atoms with Crippen molar-refractivity contribution in [2.45, 2.75) is 45.6 Å². The second-order valence-electron chi connectivity index (χ2n) is 7.00. The fourth-order valence-electron chi connectivity index (χ4n) is 3.70. The van der Waals surface area contributed by atoms with Gasteiger partial charge in [-0.1, -0.05) is 20.3 Å². The van der Waals surface area contributed by atoms with Gasteiger partial charge in [0.1, 0.15) is 0 Å². The minimum atomic E-state index is 0.788. The Morgan fingerprint density at radius 3 is 2.79 bits per heavy atom. The Labute approximate surface area is 119 Å². The molecule has 0 radical (unpaired) electrons. The summed E-state index contributed by atoms with van der Waals surface area (Å²) in [5.74, 6) is 0.788. The standard InChI is InChI=1S/C16H33N3/c1-15(2)13-17(3)8-6-9-18-11-12-19-10-5-4-7-16(19)14-18/h15-16H,4-14H2,1-3H3. The van der Waals surface area contributed by atoms with Crippen molar-refractivity contribution < 1.29 is 0 Å². The Balaban J connectivity index is 1.61. The molecule has 2 heterocycles. The van der Waals surface area contributed by atoms with Gasteiger partial charge in [0.05, 0.1) is 0 Å². The summed E-state index contributed by atoms with van der Waals surface area (Å²) in [6, 6.07) is 0.871. The van der Waals surface area contributed by atoms with E-state index in [1.54, 1.807) is 0 Å². The maximum absolute atomic E-state index is 2.73. The van der Waals surface area contributed by atoms with Gasteiger partial charge in [0, 0.05) is 32.2 Å². The number of hydrogen-bond acceptors (Lipinski definition) is 3. The molecule has 2 fully saturated rings. The number of piperidine rings is 1. The van der Waals surface area contributed by atoms with Crippen molar-refractivity contribution >= 4 is 0 Å². The van der Waals surface area contributed by atoms with E-state index >= 15 is 0 Å². The molecule has 0 aromatic carbocycles. The zero-order valence-electron chi connectivity index (χ0n) is 13.3. The van der Waals surface area contributed by atoms with Crippen LogP contribution in [-0.4, -0.2) is 73.6 Å². The molecular formula is C16H33N3. The van der Waals surface area contributed by atoms with Gasteiger partial charge < -0.3 is 9.80 Å². The van der Waals surface area contributed by atoms with Gasteiger partial charge in [-0.2, -0.15) is 0 Å². The molecule has 0 bridgehead atoms. The zero-order valence-corrected chi connectivity index (χ0v) is 13.3. The Morgan fingerprint density at radius 2 is 2.00 bits per heavy atom. The molecule has 112 valence electrons. The predicted octanol–water partition coefficient (Wildman–Crippen LogP) is 2.13. The summed E-state index contributed by atoms with van der Waals surface area (Å²) in [4.78, 5) is 7.92. The highest BCUT2D eigenvalue weighted by molar-refractivity contribution is 4.85. The maximum Gasteiger partial charge on any atom is 0.0223 e. The highest BCUT2D eigenvalue weighted by atomic mass is 15.3. The van der Waals surface area contributed by atoms with E-state index in [9.17, 15) is 0 Å². The number of piperazine rings is 1. The van der Waals surface area contributed by atoms with Crippen molar-refractivity contribution in [2.24, 2.45) is 5.92 Å². The van der Waals surface area contributed by atoms with E-state index in [0.717, 1.165) is 12.0 Å². The molecule has 0 spiro atoms. The minimum absolute atomic E-state index is 0.788. The minimum Gasteiger partial charge on any atom is -0.306 e. The lowest BCUT2D eigenvalue weighted by atomic mass is 9.99. The van der Waals surface area contributed by atoms with Gasteiger partial charge in [0.25, 0.3) is 0 Å². The summed E-state index contributed by atoms with van der Waals surface area (Å²) in [5.41, 5.74) is 0. The van der Waals surface area contributed by atoms with Crippen LogP contribution in [0.1, 0.15) is 39.5 Å². The fraction of sp³-hybridized carbons (Fsp3) is 1.00. The Hall–Kier alpha value is -0.120. The average molecular weight is 267 g/mol. The van der Waals surface area contributed by atoms with Crippen molar-refractivity contribution in [3.8, 4) is 0 Å². The van der Waals surface area contributed by atoms with Crippen LogP contribution in [0.4, 0.5) is 0 Å². The molecule has 0 saturated carbocycles. The Morgan fingerprint density at radius 1 is 1.16 bits per heavy atom. The van der Waals surface area contributed by atoms with Crippen molar-refractivity contribution in [3.05, 3.63) is 0 Å². The molecule has 19 heavy (non-hydrogen) atoms. The van der Waals surface area contributed by atoms with Crippen LogP contribution in [0.15, 0.2) is 0 Å². The predicted molar refractivity (Wildman–Crippen MR) is 82.6 cm³/mol. The first-order valence-electron chi connectivity index (χ1n) is 8.30. The Bertz CT molecular complexity index is 254. The largest absolute Gasteiger partial charge is 0.306 e. The molecule has 2 rings (SSSR count). The number of nitrogens with zero attached hydrogens (tertiary/aromatic N) is 3. The highest BCUT2D eigenvalue weighted by Gasteiger charge is 2.28. The molecule has 1 atom stereocenters. The topological polar surface area (TPSA) is 9.72 Å². The normalized spacial score (nSPS) is 26.1. The first-order chi connectivity index (χ1) is 9.15. The van der Waals surface area contributed by atoms with E-state index < -0.39 is 0 Å². The van der Waals surface area contributed by atoms with Crippen LogP contribution < -0.4 is 0 Å². The van der Waals surface area contributed by atoms with Crippen LogP contribution in [0.25, 0.3) is 0 Å². The highest BCUT2D eigenvalue weighted by Crippen LogP contribution is 2.21. The summed E-state index contributed by atoms with van der Waals surface area (Å²) in [5, 5.41) is 0. The van der Waals surface area contributed by atoms with Gasteiger partial charge in [-0.3, -0.25) is 4.90 Å².